The summed E-state index contributed by atoms with van der Waals surface area (Å²) in [6.07, 6.45) is -1.57. The number of alkyl carbamates (subject to hydrolysis) is 1. The van der Waals surface area contributed by atoms with Crippen molar-refractivity contribution in [3.05, 3.63) is 131 Å². The van der Waals surface area contributed by atoms with E-state index in [0.717, 1.165) is 32.4 Å². The lowest BCUT2D eigenvalue weighted by Crippen LogP contribution is -2.52. The van der Waals surface area contributed by atoms with Gasteiger partial charge in [0.1, 0.15) is 12.6 Å². The van der Waals surface area contributed by atoms with Crippen molar-refractivity contribution in [3.8, 4) is 11.1 Å². The van der Waals surface area contributed by atoms with Gasteiger partial charge in [0.15, 0.2) is 5.78 Å². The number of aliphatic carboxylic acids is 1. The molecular weight excluding hydrogens is 903 g/mol. The van der Waals surface area contributed by atoms with Crippen molar-refractivity contribution in [1.82, 2.24) is 25.7 Å². The van der Waals surface area contributed by atoms with E-state index in [9.17, 15) is 48.3 Å². The second-order valence-corrected chi connectivity index (χ2v) is 16.9. The predicted octanol–water partition coefficient (Wildman–Crippen LogP) is 6.10. The minimum atomic E-state index is -1.41. The molecule has 0 aromatic heterocycles. The summed E-state index contributed by atoms with van der Waals surface area (Å²) in [6, 6.07) is 28.6. The Balaban J connectivity index is 1.35. The molecule has 0 saturated carbocycles. The molecule has 18 heteroatoms. The third-order valence-electron chi connectivity index (χ3n) is 11.9. The van der Waals surface area contributed by atoms with Gasteiger partial charge >= 0.3 is 24.0 Å². The highest BCUT2D eigenvalue weighted by molar-refractivity contribution is 5.94. The fourth-order valence-electron chi connectivity index (χ4n) is 7.93. The van der Waals surface area contributed by atoms with E-state index in [1.54, 1.807) is 43.4 Å². The quantitative estimate of drug-likeness (QED) is 0.0714. The summed E-state index contributed by atoms with van der Waals surface area (Å²) in [4.78, 5) is 130. The van der Waals surface area contributed by atoms with Crippen LogP contribution in [0.4, 0.5) is 4.79 Å². The Kier molecular flexibility index (Phi) is 19.7. The maximum absolute atomic E-state index is 14.4. The highest BCUT2D eigenvalue weighted by atomic mass is 16.7. The van der Waals surface area contributed by atoms with Crippen LogP contribution in [0, 0.1) is 5.92 Å². The van der Waals surface area contributed by atoms with Gasteiger partial charge in [-0.1, -0.05) is 84.9 Å². The first-order chi connectivity index (χ1) is 33.5. The predicted molar refractivity (Wildman–Crippen MR) is 254 cm³/mol. The highest BCUT2D eigenvalue weighted by Gasteiger charge is 2.33. The summed E-state index contributed by atoms with van der Waals surface area (Å²) in [7, 11) is 1.57. The zero-order valence-electron chi connectivity index (χ0n) is 39.7. The number of hydroxylamine groups is 4. The van der Waals surface area contributed by atoms with E-state index in [-0.39, 0.29) is 87.7 Å². The molecule has 5 rings (SSSR count). The van der Waals surface area contributed by atoms with Crippen molar-refractivity contribution in [3.63, 3.8) is 0 Å². The first-order valence-electron chi connectivity index (χ1n) is 23.0. The van der Waals surface area contributed by atoms with Crippen molar-refractivity contribution < 1.29 is 62.7 Å². The molecule has 0 bridgehead atoms. The van der Waals surface area contributed by atoms with Crippen LogP contribution in [0.1, 0.15) is 103 Å². The number of nitrogens with one attached hydrogen (secondary N) is 2. The molecule has 0 heterocycles. The standard InChI is InChI=1S/C52H59N5O13/c1-34(58)55(4)29-15-22-39(49(63)64)32-47(61)45(27-16-30-56(35(2)59)69-50(65)37-18-7-5-8-19-37)53-48(62)46(28-17-31-57(36(3)60)70-51(66)38-20-9-6-10-21-38)54-52(67)68-33-44-42-25-13-11-23-40(42)41-24-12-14-26-43(41)44/h5-14,18-21,23-26,39,44-46H,15-17,22,27-33H2,1-4H3,(H,53,62)(H,54,67)(H,63,64)/t39-,45+,46+/m1/s1. The van der Waals surface area contributed by atoms with Crippen molar-refractivity contribution >= 4 is 53.4 Å². The number of carboxylic acids is 1. The van der Waals surface area contributed by atoms with E-state index in [2.05, 4.69) is 10.6 Å². The Bertz CT molecular complexity index is 2460. The molecule has 0 spiro atoms. The number of carbonyl (C=O) groups is 9. The summed E-state index contributed by atoms with van der Waals surface area (Å²) in [5.74, 6) is -7.39. The molecule has 3 atom stereocenters. The number of benzene rings is 4. The summed E-state index contributed by atoms with van der Waals surface area (Å²) >= 11 is 0. The fourth-order valence-corrected chi connectivity index (χ4v) is 7.93. The van der Waals surface area contributed by atoms with E-state index in [0.29, 0.717) is 0 Å². The highest BCUT2D eigenvalue weighted by Crippen LogP contribution is 2.44. The maximum Gasteiger partial charge on any atom is 0.407 e. The van der Waals surface area contributed by atoms with Gasteiger partial charge in [-0.05, 0) is 85.0 Å². The molecule has 370 valence electrons. The first-order valence-corrected chi connectivity index (χ1v) is 23.0. The Morgan fingerprint density at radius 2 is 1.03 bits per heavy atom. The second-order valence-electron chi connectivity index (χ2n) is 16.9. The van der Waals surface area contributed by atoms with E-state index >= 15 is 0 Å². The zero-order valence-corrected chi connectivity index (χ0v) is 39.7. The van der Waals surface area contributed by atoms with Crippen LogP contribution in [-0.2, 0) is 43.2 Å². The molecule has 0 radical (unpaired) electrons. The summed E-state index contributed by atoms with van der Waals surface area (Å²) in [6.45, 7) is 3.48. The fraction of sp³-hybridized carbons (Fsp3) is 0.365. The molecule has 4 aromatic carbocycles. The van der Waals surface area contributed by atoms with Crippen molar-refractivity contribution in [2.24, 2.45) is 5.92 Å². The third-order valence-corrected chi connectivity index (χ3v) is 11.9. The van der Waals surface area contributed by atoms with Gasteiger partial charge in [0, 0.05) is 46.7 Å². The zero-order chi connectivity index (χ0) is 50.7. The maximum atomic E-state index is 14.4. The largest absolute Gasteiger partial charge is 0.481 e. The Morgan fingerprint density at radius 3 is 1.50 bits per heavy atom. The SMILES string of the molecule is CC(=O)N(C)CCC[C@H](CC(=O)[C@H](CCCN(OC(=O)c1ccccc1)C(C)=O)NC(=O)[C@H](CCCN(OC(=O)c1ccccc1)C(C)=O)NC(=O)OCC1c2ccccc2-c2ccccc21)C(=O)O. The van der Waals surface area contributed by atoms with Crippen molar-refractivity contribution in [2.75, 3.05) is 33.3 Å². The van der Waals surface area contributed by atoms with Gasteiger partial charge in [0.05, 0.1) is 36.2 Å². The Hall–Kier alpha value is -7.89. The summed E-state index contributed by atoms with van der Waals surface area (Å²) in [5.41, 5.74) is 4.26. The number of carbonyl (C=O) groups excluding carboxylic acids is 8. The molecular formula is C52H59N5O13. The third kappa shape index (κ3) is 15.3. The number of Topliss-reactive ketones (excluding diaryl/α,β-unsaturated/α-hetero) is 1. The molecule has 70 heavy (non-hydrogen) atoms. The van der Waals surface area contributed by atoms with Gasteiger partial charge < -0.3 is 35.1 Å². The number of carboxylic acid groups (broad SMARTS) is 1. The lowest BCUT2D eigenvalue weighted by molar-refractivity contribution is -0.165. The van der Waals surface area contributed by atoms with E-state index in [1.807, 2.05) is 48.5 Å². The number of amides is 5. The Morgan fingerprint density at radius 1 is 0.571 bits per heavy atom. The lowest BCUT2D eigenvalue weighted by atomic mass is 9.92. The number of hydrogen-bond acceptors (Lipinski definition) is 12. The average molecular weight is 962 g/mol. The van der Waals surface area contributed by atoms with Crippen LogP contribution in [0.5, 0.6) is 0 Å². The monoisotopic (exact) mass is 961 g/mol. The number of nitrogens with zero attached hydrogens (tertiary/aromatic N) is 3. The summed E-state index contributed by atoms with van der Waals surface area (Å²) < 4.78 is 5.77. The van der Waals surface area contributed by atoms with Gasteiger partial charge in [-0.2, -0.15) is 10.1 Å². The molecule has 0 saturated heterocycles. The summed E-state index contributed by atoms with van der Waals surface area (Å²) in [5, 5.41) is 17.1. The molecule has 18 nitrogen and oxygen atoms in total. The van der Waals surface area contributed by atoms with Crippen molar-refractivity contribution in [1.29, 1.82) is 0 Å². The van der Waals surface area contributed by atoms with E-state index in [1.165, 1.54) is 49.9 Å². The molecule has 1 aliphatic rings. The van der Waals surface area contributed by atoms with Crippen LogP contribution in [-0.4, -0.2) is 119 Å². The Labute approximate surface area is 406 Å². The number of hydrogen-bond donors (Lipinski definition) is 3. The van der Waals surface area contributed by atoms with Gasteiger partial charge in [-0.25, -0.2) is 14.4 Å². The lowest BCUT2D eigenvalue weighted by Gasteiger charge is -2.26. The van der Waals surface area contributed by atoms with Crippen LogP contribution in [0.15, 0.2) is 109 Å². The molecule has 5 amide bonds. The van der Waals surface area contributed by atoms with Gasteiger partial charge in [-0.15, -0.1) is 0 Å². The van der Waals surface area contributed by atoms with Crippen LogP contribution < -0.4 is 10.6 Å². The number of rotatable bonds is 23. The normalized spacial score (nSPS) is 12.7. The smallest absolute Gasteiger partial charge is 0.407 e. The molecule has 3 N–H and O–H groups in total. The van der Waals surface area contributed by atoms with Crippen LogP contribution >= 0.6 is 0 Å². The first kappa shape index (κ1) is 53.1. The second kappa shape index (κ2) is 26.0. The topological polar surface area (TPSA) is 235 Å². The molecule has 4 aromatic rings. The molecule has 0 aliphatic heterocycles. The molecule has 1 aliphatic carbocycles. The van der Waals surface area contributed by atoms with Crippen LogP contribution in [0.25, 0.3) is 11.1 Å². The van der Waals surface area contributed by atoms with Gasteiger partial charge in [0.2, 0.25) is 11.8 Å². The van der Waals surface area contributed by atoms with Crippen molar-refractivity contribution in [2.45, 2.75) is 83.7 Å². The van der Waals surface area contributed by atoms with E-state index < -0.39 is 71.9 Å². The number of ketones is 1. The number of ether oxygens (including phenoxy) is 1. The molecule has 0 unspecified atom stereocenters. The van der Waals surface area contributed by atoms with Crippen LogP contribution in [0.2, 0.25) is 0 Å². The minimum Gasteiger partial charge on any atom is -0.481 e. The number of fused-ring (bicyclic) bond motifs is 3. The van der Waals surface area contributed by atoms with E-state index in [4.69, 9.17) is 14.4 Å². The van der Waals surface area contributed by atoms with Crippen LogP contribution in [0.3, 0.4) is 0 Å². The minimum absolute atomic E-state index is 0.0157. The molecule has 0 fully saturated rings. The van der Waals surface area contributed by atoms with Gasteiger partial charge in [0.25, 0.3) is 11.8 Å². The van der Waals surface area contributed by atoms with Gasteiger partial charge in [-0.3, -0.25) is 28.8 Å². The average Bonchev–Trinajstić information content (AvgIpc) is 3.67.